The van der Waals surface area contributed by atoms with Crippen molar-refractivity contribution in [1.82, 2.24) is 10.6 Å². The molecule has 1 unspecified atom stereocenters. The molecule has 2 N–H and O–H groups in total. The van der Waals surface area contributed by atoms with Crippen molar-refractivity contribution in [3.05, 3.63) is 35.5 Å². The highest BCUT2D eigenvalue weighted by atomic mass is 32.2. The number of amidine groups is 1. The molecule has 0 aromatic heterocycles. The lowest BCUT2D eigenvalue weighted by molar-refractivity contribution is -0.117. The van der Waals surface area contributed by atoms with Crippen molar-refractivity contribution in [2.75, 3.05) is 26.5 Å². The van der Waals surface area contributed by atoms with Crippen LogP contribution in [0.4, 0.5) is 0 Å². The van der Waals surface area contributed by atoms with Crippen LogP contribution < -0.4 is 20.1 Å². The van der Waals surface area contributed by atoms with Crippen LogP contribution in [-0.4, -0.2) is 37.6 Å². The second-order valence-corrected chi connectivity index (χ2v) is 6.24. The van der Waals surface area contributed by atoms with Crippen molar-refractivity contribution in [1.29, 1.82) is 5.26 Å². The summed E-state index contributed by atoms with van der Waals surface area (Å²) in [7, 11) is 3.11. The number of carbonyl (C=O) groups is 1. The molecular weight excluding hydrogens is 340 g/mol. The molecule has 0 radical (unpaired) electrons. The summed E-state index contributed by atoms with van der Waals surface area (Å²) in [5.41, 5.74) is 0.828. The number of hydrogen-bond acceptors (Lipinski definition) is 7. The van der Waals surface area contributed by atoms with Gasteiger partial charge < -0.3 is 20.1 Å². The van der Waals surface area contributed by atoms with Crippen molar-refractivity contribution >= 4 is 22.8 Å². The summed E-state index contributed by atoms with van der Waals surface area (Å²) in [4.78, 5) is 16.5. The predicted molar refractivity (Wildman–Crippen MR) is 97.7 cm³/mol. The maximum atomic E-state index is 12.3. The van der Waals surface area contributed by atoms with E-state index in [0.717, 1.165) is 17.9 Å². The lowest BCUT2D eigenvalue weighted by Crippen LogP contribution is -2.28. The van der Waals surface area contributed by atoms with Crippen LogP contribution in [0.3, 0.4) is 0 Å². The molecule has 0 spiro atoms. The number of nitriles is 1. The SMILES string of the molecule is COc1ccc(C(C)NC(=O)/C(C#N)=C\NC2=NCCS2)cc1OC. The third-order valence-corrected chi connectivity index (χ3v) is 4.45. The van der Waals surface area contributed by atoms with E-state index in [-0.39, 0.29) is 11.6 Å². The molecular formula is C17H20N4O3S. The van der Waals surface area contributed by atoms with E-state index in [1.807, 2.05) is 19.1 Å². The third-order valence-electron chi connectivity index (χ3n) is 3.55. The maximum Gasteiger partial charge on any atom is 0.263 e. The Morgan fingerprint density at radius 3 is 2.76 bits per heavy atom. The normalized spacial score (nSPS) is 15.0. The van der Waals surface area contributed by atoms with Gasteiger partial charge >= 0.3 is 0 Å². The Morgan fingerprint density at radius 2 is 2.16 bits per heavy atom. The predicted octanol–water partition coefficient (Wildman–Crippen LogP) is 1.98. The number of hydrogen-bond donors (Lipinski definition) is 2. The standard InChI is InChI=1S/C17H20N4O3S/c1-11(12-4-5-14(23-2)15(8-12)24-3)21-16(22)13(9-18)10-20-17-19-6-7-25-17/h4-5,8,10-11H,6-7H2,1-3H3,(H,19,20)(H,21,22)/b13-10-. The fraction of sp³-hybridized carbons (Fsp3) is 0.353. The fourth-order valence-electron chi connectivity index (χ4n) is 2.18. The first kappa shape index (κ1) is 18.7. The molecule has 25 heavy (non-hydrogen) atoms. The zero-order valence-corrected chi connectivity index (χ0v) is 15.1. The van der Waals surface area contributed by atoms with Gasteiger partial charge in [0.05, 0.1) is 26.8 Å². The Kier molecular flexibility index (Phi) is 6.71. The molecule has 1 heterocycles. The molecule has 7 nitrogen and oxygen atoms in total. The Hall–Kier alpha value is -2.66. The van der Waals surface area contributed by atoms with Crippen LogP contribution in [-0.2, 0) is 4.79 Å². The minimum atomic E-state index is -0.458. The number of rotatable bonds is 6. The Labute approximate surface area is 151 Å². The van der Waals surface area contributed by atoms with Crippen LogP contribution >= 0.6 is 11.8 Å². The van der Waals surface area contributed by atoms with Gasteiger partial charge in [0.25, 0.3) is 5.91 Å². The van der Waals surface area contributed by atoms with Gasteiger partial charge in [0.15, 0.2) is 16.7 Å². The summed E-state index contributed by atoms with van der Waals surface area (Å²) in [5.74, 6) is 1.64. The molecule has 1 aromatic rings. The molecule has 0 bridgehead atoms. The fourth-order valence-corrected chi connectivity index (χ4v) is 2.89. The molecule has 1 aliphatic rings. The van der Waals surface area contributed by atoms with Crippen molar-refractivity contribution in [2.45, 2.75) is 13.0 Å². The first-order valence-electron chi connectivity index (χ1n) is 7.66. The summed E-state index contributed by atoms with van der Waals surface area (Å²) in [6.45, 7) is 2.57. The quantitative estimate of drug-likeness (QED) is 0.595. The molecule has 1 amide bonds. The molecule has 0 saturated carbocycles. The molecule has 1 aliphatic heterocycles. The van der Waals surface area contributed by atoms with E-state index in [0.29, 0.717) is 16.7 Å². The van der Waals surface area contributed by atoms with E-state index in [9.17, 15) is 10.1 Å². The molecule has 1 aromatic carbocycles. The van der Waals surface area contributed by atoms with Crippen LogP contribution in [0.5, 0.6) is 11.5 Å². The number of aliphatic imine (C=N–C) groups is 1. The Morgan fingerprint density at radius 1 is 1.40 bits per heavy atom. The minimum absolute atomic E-state index is 0.0115. The average molecular weight is 360 g/mol. The van der Waals surface area contributed by atoms with Gasteiger partial charge in [-0.1, -0.05) is 17.8 Å². The van der Waals surface area contributed by atoms with Gasteiger partial charge in [-0.25, -0.2) is 0 Å². The van der Waals surface area contributed by atoms with E-state index in [1.165, 1.54) is 6.20 Å². The number of thioether (sulfide) groups is 1. The lowest BCUT2D eigenvalue weighted by Gasteiger charge is -2.16. The van der Waals surface area contributed by atoms with Crippen LogP contribution in [0.2, 0.25) is 0 Å². The Balaban J connectivity index is 2.05. The van der Waals surface area contributed by atoms with Crippen LogP contribution in [0.15, 0.2) is 35.0 Å². The summed E-state index contributed by atoms with van der Waals surface area (Å²) in [6.07, 6.45) is 1.38. The summed E-state index contributed by atoms with van der Waals surface area (Å²) in [6, 6.07) is 7.00. The second kappa shape index (κ2) is 8.99. The Bertz CT molecular complexity index is 740. The van der Waals surface area contributed by atoms with Gasteiger partial charge in [-0.3, -0.25) is 9.79 Å². The van der Waals surface area contributed by atoms with Crippen molar-refractivity contribution in [3.8, 4) is 17.6 Å². The lowest BCUT2D eigenvalue weighted by atomic mass is 10.1. The van der Waals surface area contributed by atoms with E-state index in [2.05, 4.69) is 15.6 Å². The van der Waals surface area contributed by atoms with E-state index >= 15 is 0 Å². The highest BCUT2D eigenvalue weighted by Crippen LogP contribution is 2.29. The van der Waals surface area contributed by atoms with Gasteiger partial charge in [-0.05, 0) is 24.6 Å². The van der Waals surface area contributed by atoms with Gasteiger partial charge in [0.1, 0.15) is 11.6 Å². The highest BCUT2D eigenvalue weighted by Gasteiger charge is 2.16. The van der Waals surface area contributed by atoms with Crippen LogP contribution in [0, 0.1) is 11.3 Å². The van der Waals surface area contributed by atoms with Crippen molar-refractivity contribution < 1.29 is 14.3 Å². The number of amides is 1. The minimum Gasteiger partial charge on any atom is -0.493 e. The molecule has 0 aliphatic carbocycles. The topological polar surface area (TPSA) is 95.7 Å². The van der Waals surface area contributed by atoms with Gasteiger partial charge in [0, 0.05) is 12.0 Å². The molecule has 132 valence electrons. The number of methoxy groups -OCH3 is 2. The number of carbonyl (C=O) groups excluding carboxylic acids is 1. The molecule has 2 rings (SSSR count). The molecule has 0 fully saturated rings. The first-order chi connectivity index (χ1) is 12.1. The highest BCUT2D eigenvalue weighted by molar-refractivity contribution is 8.14. The summed E-state index contributed by atoms with van der Waals surface area (Å²) in [5, 5.41) is 15.6. The number of nitrogens with zero attached hydrogens (tertiary/aromatic N) is 2. The summed E-state index contributed by atoms with van der Waals surface area (Å²) >= 11 is 1.55. The number of benzene rings is 1. The second-order valence-electron chi connectivity index (χ2n) is 5.16. The van der Waals surface area contributed by atoms with Crippen molar-refractivity contribution in [2.24, 2.45) is 4.99 Å². The van der Waals surface area contributed by atoms with Crippen molar-refractivity contribution in [3.63, 3.8) is 0 Å². The van der Waals surface area contributed by atoms with Gasteiger partial charge in [0.2, 0.25) is 0 Å². The van der Waals surface area contributed by atoms with Crippen LogP contribution in [0.25, 0.3) is 0 Å². The first-order valence-corrected chi connectivity index (χ1v) is 8.64. The van der Waals surface area contributed by atoms with E-state index in [1.54, 1.807) is 38.1 Å². The third kappa shape index (κ3) is 4.90. The van der Waals surface area contributed by atoms with E-state index < -0.39 is 5.91 Å². The maximum absolute atomic E-state index is 12.3. The average Bonchev–Trinajstić information content (AvgIpc) is 3.15. The zero-order valence-electron chi connectivity index (χ0n) is 14.3. The smallest absolute Gasteiger partial charge is 0.263 e. The molecule has 1 atom stereocenters. The molecule has 0 saturated heterocycles. The van der Waals surface area contributed by atoms with E-state index in [4.69, 9.17) is 9.47 Å². The zero-order chi connectivity index (χ0) is 18.2. The van der Waals surface area contributed by atoms with Gasteiger partial charge in [-0.15, -0.1) is 0 Å². The number of ether oxygens (including phenoxy) is 2. The largest absolute Gasteiger partial charge is 0.493 e. The molecule has 8 heteroatoms. The monoisotopic (exact) mass is 360 g/mol. The number of nitrogens with one attached hydrogen (secondary N) is 2. The van der Waals surface area contributed by atoms with Gasteiger partial charge in [-0.2, -0.15) is 5.26 Å². The summed E-state index contributed by atoms with van der Waals surface area (Å²) < 4.78 is 10.5. The van der Waals surface area contributed by atoms with Crippen LogP contribution in [0.1, 0.15) is 18.5 Å².